The van der Waals surface area contributed by atoms with Gasteiger partial charge in [0.05, 0.1) is 16.4 Å². The van der Waals surface area contributed by atoms with E-state index in [0.29, 0.717) is 16.4 Å². The molecule has 0 bridgehead atoms. The molecule has 0 aromatic carbocycles. The summed E-state index contributed by atoms with van der Waals surface area (Å²) in [5.41, 5.74) is 6.77. The van der Waals surface area contributed by atoms with Gasteiger partial charge in [0, 0.05) is 6.20 Å². The van der Waals surface area contributed by atoms with E-state index in [1.807, 2.05) is 0 Å². The van der Waals surface area contributed by atoms with E-state index in [1.165, 1.54) is 6.20 Å². The Hall–Kier alpha value is -2.08. The third kappa shape index (κ3) is 2.21. The SMILES string of the molecule is Cc1[nH]nc(C(=O)Nc2ncccc2Cl)c1N. The van der Waals surface area contributed by atoms with Crippen LogP contribution >= 0.6 is 11.6 Å². The van der Waals surface area contributed by atoms with E-state index in [0.717, 1.165) is 0 Å². The average Bonchev–Trinajstić information content (AvgIpc) is 2.63. The van der Waals surface area contributed by atoms with Crippen LogP contribution in [-0.4, -0.2) is 21.1 Å². The zero-order valence-corrected chi connectivity index (χ0v) is 9.75. The molecule has 0 fully saturated rings. The van der Waals surface area contributed by atoms with Crippen LogP contribution in [0.15, 0.2) is 18.3 Å². The third-order valence-electron chi connectivity index (χ3n) is 2.20. The number of aromatic amines is 1. The van der Waals surface area contributed by atoms with Crippen molar-refractivity contribution in [1.82, 2.24) is 15.2 Å². The lowest BCUT2D eigenvalue weighted by atomic mass is 10.3. The lowest BCUT2D eigenvalue weighted by Gasteiger charge is -2.04. The topological polar surface area (TPSA) is 96.7 Å². The average molecular weight is 252 g/mol. The molecule has 0 spiro atoms. The number of hydrogen-bond acceptors (Lipinski definition) is 4. The van der Waals surface area contributed by atoms with Crippen molar-refractivity contribution in [2.45, 2.75) is 6.92 Å². The minimum Gasteiger partial charge on any atom is -0.395 e. The zero-order valence-electron chi connectivity index (χ0n) is 8.99. The van der Waals surface area contributed by atoms with Gasteiger partial charge >= 0.3 is 0 Å². The van der Waals surface area contributed by atoms with E-state index in [1.54, 1.807) is 19.1 Å². The fraction of sp³-hybridized carbons (Fsp3) is 0.100. The fourth-order valence-corrected chi connectivity index (χ4v) is 1.42. The number of amides is 1. The monoisotopic (exact) mass is 251 g/mol. The van der Waals surface area contributed by atoms with Crippen molar-refractivity contribution < 1.29 is 4.79 Å². The van der Waals surface area contributed by atoms with Gasteiger partial charge in [0.2, 0.25) is 0 Å². The maximum absolute atomic E-state index is 11.8. The summed E-state index contributed by atoms with van der Waals surface area (Å²) in [4.78, 5) is 15.8. The summed E-state index contributed by atoms with van der Waals surface area (Å²) in [5.74, 6) is -0.174. The minimum atomic E-state index is -0.451. The summed E-state index contributed by atoms with van der Waals surface area (Å²) in [6.45, 7) is 1.73. The highest BCUT2D eigenvalue weighted by molar-refractivity contribution is 6.33. The Labute approximate surface area is 102 Å². The lowest BCUT2D eigenvalue weighted by molar-refractivity contribution is 0.102. The number of aromatic nitrogens is 3. The fourth-order valence-electron chi connectivity index (χ4n) is 1.26. The summed E-state index contributed by atoms with van der Waals surface area (Å²) in [7, 11) is 0. The van der Waals surface area contributed by atoms with Crippen molar-refractivity contribution >= 4 is 29.0 Å². The predicted octanol–water partition coefficient (Wildman–Crippen LogP) is 1.60. The standard InChI is InChI=1S/C10H10ClN5O/c1-5-7(12)8(16-15-5)10(17)14-9-6(11)3-2-4-13-9/h2-4H,12H2,1H3,(H,15,16)(H,13,14,17). The van der Waals surface area contributed by atoms with Gasteiger partial charge in [-0.3, -0.25) is 9.89 Å². The second-order valence-electron chi connectivity index (χ2n) is 3.40. The Morgan fingerprint density at radius 1 is 1.59 bits per heavy atom. The van der Waals surface area contributed by atoms with Crippen molar-refractivity contribution in [3.63, 3.8) is 0 Å². The van der Waals surface area contributed by atoms with E-state index in [-0.39, 0.29) is 11.5 Å². The van der Waals surface area contributed by atoms with Crippen LogP contribution in [0.5, 0.6) is 0 Å². The largest absolute Gasteiger partial charge is 0.395 e. The molecule has 7 heteroatoms. The molecule has 0 aliphatic carbocycles. The zero-order chi connectivity index (χ0) is 12.4. The number of pyridine rings is 1. The van der Waals surface area contributed by atoms with Crippen LogP contribution < -0.4 is 11.1 Å². The van der Waals surface area contributed by atoms with Crippen LogP contribution in [0.2, 0.25) is 5.02 Å². The van der Waals surface area contributed by atoms with Gasteiger partial charge < -0.3 is 11.1 Å². The van der Waals surface area contributed by atoms with Crippen LogP contribution in [-0.2, 0) is 0 Å². The molecule has 1 amide bonds. The van der Waals surface area contributed by atoms with Crippen LogP contribution in [0.4, 0.5) is 11.5 Å². The Bertz CT molecular complexity index is 566. The van der Waals surface area contributed by atoms with Crippen LogP contribution in [0.1, 0.15) is 16.2 Å². The number of carbonyl (C=O) groups is 1. The van der Waals surface area contributed by atoms with Gasteiger partial charge in [0.1, 0.15) is 0 Å². The van der Waals surface area contributed by atoms with Crippen molar-refractivity contribution in [2.24, 2.45) is 0 Å². The van der Waals surface area contributed by atoms with E-state index in [4.69, 9.17) is 17.3 Å². The molecule has 4 N–H and O–H groups in total. The molecular weight excluding hydrogens is 242 g/mol. The molecule has 6 nitrogen and oxygen atoms in total. The highest BCUT2D eigenvalue weighted by atomic mass is 35.5. The van der Waals surface area contributed by atoms with E-state index in [9.17, 15) is 4.79 Å². The van der Waals surface area contributed by atoms with Crippen molar-refractivity contribution in [3.8, 4) is 0 Å². The second kappa shape index (κ2) is 4.42. The first-order chi connectivity index (χ1) is 8.09. The van der Waals surface area contributed by atoms with Gasteiger partial charge in [-0.25, -0.2) is 4.98 Å². The first-order valence-corrected chi connectivity index (χ1v) is 5.19. The number of rotatable bonds is 2. The van der Waals surface area contributed by atoms with Crippen LogP contribution in [0, 0.1) is 6.92 Å². The number of hydrogen-bond donors (Lipinski definition) is 3. The van der Waals surface area contributed by atoms with Crippen LogP contribution in [0.3, 0.4) is 0 Å². The maximum Gasteiger partial charge on any atom is 0.279 e. The number of aryl methyl sites for hydroxylation is 1. The Balaban J connectivity index is 2.23. The number of H-pyrrole nitrogens is 1. The van der Waals surface area contributed by atoms with Gasteiger partial charge in [-0.2, -0.15) is 5.10 Å². The first kappa shape index (κ1) is 11.4. The van der Waals surface area contributed by atoms with E-state index >= 15 is 0 Å². The van der Waals surface area contributed by atoms with Gasteiger partial charge in [-0.05, 0) is 19.1 Å². The number of nitrogens with zero attached hydrogens (tertiary/aromatic N) is 2. The highest BCUT2D eigenvalue weighted by Gasteiger charge is 2.16. The molecule has 0 unspecified atom stereocenters. The third-order valence-corrected chi connectivity index (χ3v) is 2.51. The molecule has 0 aliphatic heterocycles. The molecule has 88 valence electrons. The summed E-state index contributed by atoms with van der Waals surface area (Å²) in [5, 5.41) is 9.33. The Morgan fingerprint density at radius 2 is 2.35 bits per heavy atom. The van der Waals surface area contributed by atoms with Crippen molar-refractivity contribution in [3.05, 3.63) is 34.7 Å². The Morgan fingerprint density at radius 3 is 2.94 bits per heavy atom. The van der Waals surface area contributed by atoms with Gasteiger partial charge in [-0.15, -0.1) is 0 Å². The van der Waals surface area contributed by atoms with Gasteiger partial charge in [0.15, 0.2) is 11.5 Å². The predicted molar refractivity (Wildman–Crippen MR) is 64.9 cm³/mol. The minimum absolute atomic E-state index is 0.129. The van der Waals surface area contributed by atoms with Gasteiger partial charge in [0.25, 0.3) is 5.91 Å². The molecule has 2 aromatic rings. The number of anilines is 2. The normalized spacial score (nSPS) is 10.2. The van der Waals surface area contributed by atoms with E-state index < -0.39 is 5.91 Å². The molecular formula is C10H10ClN5O. The highest BCUT2D eigenvalue weighted by Crippen LogP contribution is 2.19. The summed E-state index contributed by atoms with van der Waals surface area (Å²) < 4.78 is 0. The van der Waals surface area contributed by atoms with Crippen molar-refractivity contribution in [1.29, 1.82) is 0 Å². The molecule has 0 saturated heterocycles. The summed E-state index contributed by atoms with van der Waals surface area (Å²) in [6.07, 6.45) is 1.53. The number of nitrogen functional groups attached to an aromatic ring is 1. The van der Waals surface area contributed by atoms with E-state index in [2.05, 4.69) is 20.5 Å². The Kier molecular flexibility index (Phi) is 2.97. The molecule has 0 atom stereocenters. The maximum atomic E-state index is 11.8. The molecule has 17 heavy (non-hydrogen) atoms. The quantitative estimate of drug-likeness (QED) is 0.755. The molecule has 2 heterocycles. The second-order valence-corrected chi connectivity index (χ2v) is 3.81. The van der Waals surface area contributed by atoms with Crippen LogP contribution in [0.25, 0.3) is 0 Å². The summed E-state index contributed by atoms with van der Waals surface area (Å²) in [6, 6.07) is 3.30. The summed E-state index contributed by atoms with van der Waals surface area (Å²) >= 11 is 5.86. The van der Waals surface area contributed by atoms with Crippen molar-refractivity contribution in [2.75, 3.05) is 11.1 Å². The molecule has 0 aliphatic rings. The number of carbonyl (C=O) groups excluding carboxylic acids is 1. The number of nitrogens with one attached hydrogen (secondary N) is 2. The number of nitrogens with two attached hydrogens (primary N) is 1. The molecule has 2 aromatic heterocycles. The smallest absolute Gasteiger partial charge is 0.279 e. The molecule has 2 rings (SSSR count). The first-order valence-electron chi connectivity index (χ1n) is 4.82. The van der Waals surface area contributed by atoms with Gasteiger partial charge in [-0.1, -0.05) is 11.6 Å². The molecule has 0 saturated carbocycles. The lowest BCUT2D eigenvalue weighted by Crippen LogP contribution is -2.15. The number of halogens is 1. The molecule has 0 radical (unpaired) electrons.